The molecule has 2 unspecified atom stereocenters. The second-order valence-corrected chi connectivity index (χ2v) is 15.3. The molecule has 16 heteroatoms. The van der Waals surface area contributed by atoms with E-state index in [1.807, 2.05) is 0 Å². The first kappa shape index (κ1) is 43.0. The molecule has 0 heterocycles. The van der Waals surface area contributed by atoms with Gasteiger partial charge in [0.25, 0.3) is 5.91 Å². The quantitative estimate of drug-likeness (QED) is 0.132. The molecule has 0 aliphatic heterocycles. The number of sulfonamides is 1. The summed E-state index contributed by atoms with van der Waals surface area (Å²) in [4.78, 5) is 45.9. The minimum atomic E-state index is -4.44. The summed E-state index contributed by atoms with van der Waals surface area (Å²) in [6.07, 6.45) is -2.26. The van der Waals surface area contributed by atoms with Crippen molar-refractivity contribution in [3.05, 3.63) is 93.4 Å². The van der Waals surface area contributed by atoms with Crippen LogP contribution in [0.3, 0.4) is 0 Å². The van der Waals surface area contributed by atoms with Crippen molar-refractivity contribution in [3.63, 3.8) is 0 Å². The molecule has 0 aliphatic carbocycles. The van der Waals surface area contributed by atoms with Gasteiger partial charge in [0.1, 0.15) is 16.5 Å². The minimum absolute atomic E-state index is 0.0410. The first-order valence-corrected chi connectivity index (χ1v) is 19.2. The van der Waals surface area contributed by atoms with Crippen LogP contribution < -0.4 is 9.62 Å². The molecule has 0 bridgehead atoms. The molecule has 0 saturated heterocycles. The lowest BCUT2D eigenvalue weighted by atomic mass is 9.95. The molecule has 3 rings (SSSR count). The molecule has 0 aromatic heterocycles. The van der Waals surface area contributed by atoms with Crippen molar-refractivity contribution in [2.45, 2.75) is 76.9 Å². The van der Waals surface area contributed by atoms with E-state index in [1.165, 1.54) is 61.2 Å². The van der Waals surface area contributed by atoms with Crippen LogP contribution >= 0.6 is 34.8 Å². The summed E-state index contributed by atoms with van der Waals surface area (Å²) < 4.78 is 41.1. The number of amides is 3. The summed E-state index contributed by atoms with van der Waals surface area (Å²) in [5, 5.41) is 11.0. The van der Waals surface area contributed by atoms with Crippen molar-refractivity contribution >= 4 is 68.4 Å². The summed E-state index contributed by atoms with van der Waals surface area (Å²) in [7, 11) is -4.44. The Morgan fingerprint density at radius 1 is 0.885 bits per heavy atom. The first-order chi connectivity index (χ1) is 24.5. The minimum Gasteiger partial charge on any atom is -0.465 e. The molecule has 52 heavy (non-hydrogen) atoms. The third-order valence-corrected chi connectivity index (χ3v) is 10.7. The van der Waals surface area contributed by atoms with E-state index < -0.39 is 52.3 Å². The van der Waals surface area contributed by atoms with Crippen molar-refractivity contribution in [2.24, 2.45) is 0 Å². The number of benzene rings is 3. The van der Waals surface area contributed by atoms with Gasteiger partial charge in [-0.25, -0.2) is 17.9 Å². The number of rotatable bonds is 18. The van der Waals surface area contributed by atoms with Gasteiger partial charge in [-0.1, -0.05) is 65.1 Å². The predicted octanol–water partition coefficient (Wildman–Crippen LogP) is 6.92. The lowest BCUT2D eigenvalue weighted by Crippen LogP contribution is -2.66. The number of halogens is 3. The van der Waals surface area contributed by atoms with E-state index in [9.17, 15) is 23.1 Å². The van der Waals surface area contributed by atoms with Crippen molar-refractivity contribution in [1.29, 1.82) is 0 Å². The van der Waals surface area contributed by atoms with Crippen molar-refractivity contribution in [1.82, 2.24) is 14.5 Å². The number of hydrogen-bond acceptors (Lipinski definition) is 7. The van der Waals surface area contributed by atoms with E-state index in [2.05, 4.69) is 4.72 Å². The van der Waals surface area contributed by atoms with Crippen LogP contribution in [0.2, 0.25) is 15.1 Å². The van der Waals surface area contributed by atoms with Crippen molar-refractivity contribution < 1.29 is 37.4 Å². The van der Waals surface area contributed by atoms with Gasteiger partial charge in [0, 0.05) is 41.5 Å². The smallest absolute Gasteiger partial charge is 0.408 e. The van der Waals surface area contributed by atoms with Crippen LogP contribution in [0.4, 0.5) is 10.5 Å². The predicted molar refractivity (Wildman–Crippen MR) is 202 cm³/mol. The molecule has 0 radical (unpaired) electrons. The third-order valence-electron chi connectivity index (χ3n) is 8.29. The Morgan fingerprint density at radius 2 is 1.46 bits per heavy atom. The fourth-order valence-corrected chi connectivity index (χ4v) is 7.51. The van der Waals surface area contributed by atoms with Gasteiger partial charge in [0.2, 0.25) is 15.9 Å². The summed E-state index contributed by atoms with van der Waals surface area (Å²) in [5.41, 5.74) is -1.42. The van der Waals surface area contributed by atoms with Crippen LogP contribution in [0.1, 0.15) is 47.1 Å². The molecule has 3 aromatic carbocycles. The molecule has 3 aromatic rings. The molecule has 0 saturated carbocycles. The van der Waals surface area contributed by atoms with E-state index in [0.29, 0.717) is 23.8 Å². The Bertz CT molecular complexity index is 1780. The van der Waals surface area contributed by atoms with Gasteiger partial charge in [0.05, 0.1) is 18.1 Å². The van der Waals surface area contributed by atoms with E-state index in [-0.39, 0.29) is 39.8 Å². The van der Waals surface area contributed by atoms with Gasteiger partial charge >= 0.3 is 6.09 Å². The highest BCUT2D eigenvalue weighted by Gasteiger charge is 2.48. The molecule has 3 amide bonds. The number of carboxylic acid groups (broad SMARTS) is 1. The lowest BCUT2D eigenvalue weighted by molar-refractivity contribution is -0.162. The summed E-state index contributed by atoms with van der Waals surface area (Å²) >= 11 is 18.4. The Kier molecular flexibility index (Phi) is 15.8. The maximum atomic E-state index is 15.2. The lowest BCUT2D eigenvalue weighted by Gasteiger charge is -2.44. The van der Waals surface area contributed by atoms with E-state index in [4.69, 9.17) is 44.3 Å². The van der Waals surface area contributed by atoms with Gasteiger partial charge in [-0.15, -0.1) is 0 Å². The molecule has 0 aliphatic rings. The van der Waals surface area contributed by atoms with E-state index >= 15 is 4.79 Å². The Morgan fingerprint density at radius 3 is 1.98 bits per heavy atom. The fourth-order valence-electron chi connectivity index (χ4n) is 5.48. The fraction of sp³-hybridized carbons (Fsp3) is 0.417. The zero-order chi connectivity index (χ0) is 38.8. The highest BCUT2D eigenvalue weighted by atomic mass is 35.5. The average Bonchev–Trinajstić information content (AvgIpc) is 3.09. The molecule has 2 N–H and O–H groups in total. The normalized spacial score (nSPS) is 13.4. The number of hydrogen-bond donors (Lipinski definition) is 2. The molecule has 2 atom stereocenters. The van der Waals surface area contributed by atoms with E-state index in [1.54, 1.807) is 58.0 Å². The van der Waals surface area contributed by atoms with Gasteiger partial charge < -0.3 is 19.5 Å². The topological polar surface area (TPSA) is 146 Å². The van der Waals surface area contributed by atoms with Gasteiger partial charge in [-0.3, -0.25) is 19.4 Å². The zero-order valence-electron chi connectivity index (χ0n) is 29.9. The summed E-state index contributed by atoms with van der Waals surface area (Å²) in [6.45, 7) is 9.69. The Hall–Kier alpha value is -3.43. The number of nitrogens with one attached hydrogen (secondary N) is 1. The highest BCUT2D eigenvalue weighted by Crippen LogP contribution is 2.31. The zero-order valence-corrected chi connectivity index (χ0v) is 33.0. The summed E-state index contributed by atoms with van der Waals surface area (Å²) in [6, 6.07) is 16.8. The maximum Gasteiger partial charge on any atom is 0.408 e. The number of ether oxygens (including phenoxy) is 2. The molecule has 0 spiro atoms. The third kappa shape index (κ3) is 10.8. The Labute approximate surface area is 320 Å². The van der Waals surface area contributed by atoms with Gasteiger partial charge in [-0.05, 0) is 89.6 Å². The first-order valence-electron chi connectivity index (χ1n) is 16.6. The van der Waals surface area contributed by atoms with Crippen LogP contribution in [0.5, 0.6) is 0 Å². The molecule has 12 nitrogen and oxygen atoms in total. The van der Waals surface area contributed by atoms with Crippen LogP contribution in [0, 0.1) is 0 Å². The summed E-state index contributed by atoms with van der Waals surface area (Å²) in [5.74, 6) is -1.39. The van der Waals surface area contributed by atoms with E-state index in [0.717, 1.165) is 9.80 Å². The van der Waals surface area contributed by atoms with Gasteiger partial charge in [-0.2, -0.15) is 0 Å². The SMILES string of the molecule is CCOC(CN(C(=O)C(C)N(C(=O)C(C)(CNS(=O)(=O)c1ccc(Cl)cc1Cl)N(Cc1ccccc1)C(=O)O)c1ccc(Cl)cc1)C(C)C)OCC. The number of carbonyl (C=O) groups is 3. The van der Waals surface area contributed by atoms with Crippen LogP contribution in [-0.4, -0.2) is 91.4 Å². The number of anilines is 1. The second kappa shape index (κ2) is 19.1. The van der Waals surface area contributed by atoms with Crippen LogP contribution in [0.25, 0.3) is 0 Å². The van der Waals surface area contributed by atoms with Crippen LogP contribution in [-0.2, 0) is 35.6 Å². The largest absolute Gasteiger partial charge is 0.465 e. The average molecular weight is 800 g/mol. The second-order valence-electron chi connectivity index (χ2n) is 12.3. The molecule has 284 valence electrons. The maximum absolute atomic E-state index is 15.2. The standard InChI is InChI=1S/C36H45Cl3N4O8S/c1-7-50-32(51-8-2)22-41(24(3)4)33(44)25(5)43(29-17-14-27(37)15-18-29)34(45)36(6,42(35(46)47)21-26-12-10-9-11-13-26)23-40-52(48,49)31-19-16-28(38)20-30(31)39/h9-20,24-25,32,40H,7-8,21-23H2,1-6H3,(H,46,47). The van der Waals surface area contributed by atoms with Crippen molar-refractivity contribution in [3.8, 4) is 0 Å². The molecular formula is C36H45Cl3N4O8S. The number of carbonyl (C=O) groups excluding carboxylic acids is 2. The molecule has 0 fully saturated rings. The Balaban J connectivity index is 2.20. The monoisotopic (exact) mass is 798 g/mol. The highest BCUT2D eigenvalue weighted by molar-refractivity contribution is 7.89. The molecular weight excluding hydrogens is 755 g/mol. The number of nitrogens with zero attached hydrogens (tertiary/aromatic N) is 3. The van der Waals surface area contributed by atoms with Crippen LogP contribution in [0.15, 0.2) is 77.7 Å². The van der Waals surface area contributed by atoms with Crippen molar-refractivity contribution in [2.75, 3.05) is 31.2 Å². The van der Waals surface area contributed by atoms with Gasteiger partial charge in [0.15, 0.2) is 6.29 Å².